The summed E-state index contributed by atoms with van der Waals surface area (Å²) in [5.74, 6) is -1.19. The first-order valence-corrected chi connectivity index (χ1v) is 5.51. The monoisotopic (exact) mass is 223 g/mol. The molecule has 0 radical (unpaired) electrons. The van der Waals surface area contributed by atoms with Crippen LogP contribution in [0.25, 0.3) is 0 Å². The van der Waals surface area contributed by atoms with Gasteiger partial charge in [0, 0.05) is 22.4 Å². The smallest absolute Gasteiger partial charge is 0.337 e. The van der Waals surface area contributed by atoms with Crippen molar-refractivity contribution in [2.75, 3.05) is 0 Å². The Morgan fingerprint density at radius 3 is 2.38 bits per heavy atom. The normalized spacial score (nSPS) is 11.5. The molecule has 1 aromatic rings. The van der Waals surface area contributed by atoms with E-state index in [-0.39, 0.29) is 16.2 Å². The standard InChI is InChI=1S/C6H6ClNO4S/c1-3-4(6(9)10)2-8-5(3)13(7,11)12/h2,8H,1H3,(H,9,10). The second-order valence-electron chi connectivity index (χ2n) is 2.40. The third-order valence-electron chi connectivity index (χ3n) is 1.57. The Labute approximate surface area is 78.8 Å². The fourth-order valence-corrected chi connectivity index (χ4v) is 2.11. The van der Waals surface area contributed by atoms with Gasteiger partial charge in [-0.3, -0.25) is 0 Å². The number of aromatic amines is 1. The lowest BCUT2D eigenvalue weighted by molar-refractivity contribution is 0.0696. The molecule has 0 aliphatic carbocycles. The highest BCUT2D eigenvalue weighted by molar-refractivity contribution is 8.13. The zero-order valence-electron chi connectivity index (χ0n) is 6.54. The van der Waals surface area contributed by atoms with Gasteiger partial charge in [0.1, 0.15) is 0 Å². The van der Waals surface area contributed by atoms with Crippen LogP contribution in [-0.4, -0.2) is 24.5 Å². The van der Waals surface area contributed by atoms with Gasteiger partial charge in [-0.25, -0.2) is 13.2 Å². The lowest BCUT2D eigenvalue weighted by atomic mass is 10.2. The molecule has 0 saturated carbocycles. The maximum absolute atomic E-state index is 10.8. The Morgan fingerprint density at radius 1 is 1.62 bits per heavy atom. The number of hydrogen-bond donors (Lipinski definition) is 2. The van der Waals surface area contributed by atoms with Crippen molar-refractivity contribution in [3.63, 3.8) is 0 Å². The average molecular weight is 224 g/mol. The summed E-state index contributed by atoms with van der Waals surface area (Å²) < 4.78 is 21.7. The van der Waals surface area contributed by atoms with Gasteiger partial charge in [0.25, 0.3) is 9.05 Å². The van der Waals surface area contributed by atoms with Crippen LogP contribution >= 0.6 is 10.7 Å². The van der Waals surface area contributed by atoms with Gasteiger partial charge >= 0.3 is 5.97 Å². The van der Waals surface area contributed by atoms with Crippen LogP contribution in [0, 0.1) is 6.92 Å². The van der Waals surface area contributed by atoms with Crippen molar-refractivity contribution < 1.29 is 18.3 Å². The molecule has 0 saturated heterocycles. The van der Waals surface area contributed by atoms with Crippen LogP contribution in [0.5, 0.6) is 0 Å². The molecule has 0 fully saturated rings. The number of halogens is 1. The molecule has 0 bridgehead atoms. The van der Waals surface area contributed by atoms with Gasteiger partial charge < -0.3 is 10.1 Å². The van der Waals surface area contributed by atoms with E-state index < -0.39 is 15.0 Å². The summed E-state index contributed by atoms with van der Waals surface area (Å²) in [6.45, 7) is 1.37. The summed E-state index contributed by atoms with van der Waals surface area (Å²) in [6, 6.07) is 0. The minimum absolute atomic E-state index is 0.0979. The Kier molecular flexibility index (Phi) is 2.36. The first-order chi connectivity index (χ1) is 5.84. The van der Waals surface area contributed by atoms with Crippen molar-refractivity contribution in [3.05, 3.63) is 17.3 Å². The molecule has 0 atom stereocenters. The molecule has 13 heavy (non-hydrogen) atoms. The SMILES string of the molecule is Cc1c(C(=O)O)c[nH]c1S(=O)(=O)Cl. The highest BCUT2D eigenvalue weighted by Crippen LogP contribution is 2.20. The van der Waals surface area contributed by atoms with Crippen molar-refractivity contribution in [1.82, 2.24) is 4.98 Å². The van der Waals surface area contributed by atoms with Crippen molar-refractivity contribution in [2.45, 2.75) is 11.9 Å². The molecule has 2 N–H and O–H groups in total. The van der Waals surface area contributed by atoms with Crippen LogP contribution in [-0.2, 0) is 9.05 Å². The summed E-state index contributed by atoms with van der Waals surface area (Å²) in [7, 11) is 1.14. The molecule has 1 heterocycles. The van der Waals surface area contributed by atoms with Gasteiger partial charge in [-0.05, 0) is 6.92 Å². The lowest BCUT2D eigenvalue weighted by Crippen LogP contribution is -1.98. The van der Waals surface area contributed by atoms with Crippen molar-refractivity contribution >= 4 is 25.7 Å². The molecule has 7 heteroatoms. The molecule has 72 valence electrons. The van der Waals surface area contributed by atoms with Gasteiger partial charge in [-0.2, -0.15) is 0 Å². The molecule has 0 amide bonds. The van der Waals surface area contributed by atoms with E-state index >= 15 is 0 Å². The number of aromatic carboxylic acids is 1. The summed E-state index contributed by atoms with van der Waals surface area (Å²) in [5.41, 5.74) is 0.0155. The quantitative estimate of drug-likeness (QED) is 0.731. The lowest BCUT2D eigenvalue weighted by Gasteiger charge is -1.93. The molecule has 0 aliphatic heterocycles. The molecule has 0 unspecified atom stereocenters. The molecule has 1 aromatic heterocycles. The first kappa shape index (κ1) is 10.1. The van der Waals surface area contributed by atoms with E-state index in [1.165, 1.54) is 6.92 Å². The minimum atomic E-state index is -3.89. The average Bonchev–Trinajstić information content (AvgIpc) is 2.28. The predicted octanol–water partition coefficient (Wildman–Crippen LogP) is 0.949. The van der Waals surface area contributed by atoms with Crippen molar-refractivity contribution in [1.29, 1.82) is 0 Å². The zero-order chi connectivity index (χ0) is 10.2. The molecule has 0 aromatic carbocycles. The Hall–Kier alpha value is -1.01. The predicted molar refractivity (Wildman–Crippen MR) is 45.5 cm³/mol. The van der Waals surface area contributed by atoms with Crippen LogP contribution in [0.1, 0.15) is 15.9 Å². The van der Waals surface area contributed by atoms with E-state index in [0.717, 1.165) is 6.20 Å². The fourth-order valence-electron chi connectivity index (χ4n) is 0.952. The molecule has 0 aliphatic rings. The molecular formula is C6H6ClNO4S. The molecule has 5 nitrogen and oxygen atoms in total. The van der Waals surface area contributed by atoms with Gasteiger partial charge in [0.05, 0.1) is 5.56 Å². The Bertz CT molecular complexity index is 447. The molecular weight excluding hydrogens is 218 g/mol. The maximum atomic E-state index is 10.8. The number of H-pyrrole nitrogens is 1. The van der Waals surface area contributed by atoms with E-state index in [2.05, 4.69) is 4.98 Å². The number of aromatic nitrogens is 1. The highest BCUT2D eigenvalue weighted by atomic mass is 35.7. The van der Waals surface area contributed by atoms with E-state index in [1.54, 1.807) is 0 Å². The maximum Gasteiger partial charge on any atom is 0.337 e. The van der Waals surface area contributed by atoms with Crippen LogP contribution in [0.15, 0.2) is 11.2 Å². The summed E-state index contributed by atoms with van der Waals surface area (Å²) in [6.07, 6.45) is 1.09. The summed E-state index contributed by atoms with van der Waals surface area (Å²) in [4.78, 5) is 12.8. The Balaban J connectivity index is 3.39. The number of hydrogen-bond acceptors (Lipinski definition) is 3. The second-order valence-corrected chi connectivity index (χ2v) is 4.90. The summed E-state index contributed by atoms with van der Waals surface area (Å²) >= 11 is 0. The second kappa shape index (κ2) is 3.04. The largest absolute Gasteiger partial charge is 0.478 e. The van der Waals surface area contributed by atoms with Crippen LogP contribution < -0.4 is 0 Å². The van der Waals surface area contributed by atoms with Crippen molar-refractivity contribution in [3.8, 4) is 0 Å². The van der Waals surface area contributed by atoms with Crippen LogP contribution in [0.4, 0.5) is 0 Å². The van der Waals surface area contributed by atoms with Gasteiger partial charge in [-0.15, -0.1) is 0 Å². The van der Waals surface area contributed by atoms with E-state index in [9.17, 15) is 13.2 Å². The van der Waals surface area contributed by atoms with E-state index in [0.29, 0.717) is 0 Å². The zero-order valence-corrected chi connectivity index (χ0v) is 8.11. The van der Waals surface area contributed by atoms with Gasteiger partial charge in [0.15, 0.2) is 5.03 Å². The third-order valence-corrected chi connectivity index (χ3v) is 2.94. The van der Waals surface area contributed by atoms with Crippen LogP contribution in [0.2, 0.25) is 0 Å². The topological polar surface area (TPSA) is 87.2 Å². The van der Waals surface area contributed by atoms with E-state index in [4.69, 9.17) is 15.8 Å². The number of rotatable bonds is 2. The van der Waals surface area contributed by atoms with Gasteiger partial charge in [0.2, 0.25) is 0 Å². The van der Waals surface area contributed by atoms with Crippen LogP contribution in [0.3, 0.4) is 0 Å². The molecule has 0 spiro atoms. The van der Waals surface area contributed by atoms with E-state index in [1.807, 2.05) is 0 Å². The van der Waals surface area contributed by atoms with Crippen molar-refractivity contribution in [2.24, 2.45) is 0 Å². The number of nitrogens with one attached hydrogen (secondary N) is 1. The molecule has 1 rings (SSSR count). The summed E-state index contributed by atoms with van der Waals surface area (Å²) in [5, 5.41) is 8.32. The number of carbonyl (C=O) groups is 1. The van der Waals surface area contributed by atoms with Gasteiger partial charge in [-0.1, -0.05) is 0 Å². The first-order valence-electron chi connectivity index (χ1n) is 3.20. The fraction of sp³-hybridized carbons (Fsp3) is 0.167. The number of carboxylic acid groups (broad SMARTS) is 1. The number of carboxylic acids is 1. The Morgan fingerprint density at radius 2 is 2.15 bits per heavy atom. The highest BCUT2D eigenvalue weighted by Gasteiger charge is 2.20. The minimum Gasteiger partial charge on any atom is -0.478 e. The third kappa shape index (κ3) is 1.84.